The average Bonchev–Trinajstić information content (AvgIpc) is 2.79. The molecule has 0 spiro atoms. The first kappa shape index (κ1) is 12.4. The maximum atomic E-state index is 5.74. The summed E-state index contributed by atoms with van der Waals surface area (Å²) in [4.78, 5) is 1.30. The molecule has 96 valence electrons. The van der Waals surface area contributed by atoms with Crippen molar-refractivity contribution >= 4 is 21.4 Å². The molecular weight excluding hydrogens is 252 g/mol. The minimum atomic E-state index is 0.0265. The molecule has 0 aliphatic heterocycles. The van der Waals surface area contributed by atoms with Gasteiger partial charge in [0.2, 0.25) is 0 Å². The SMILES string of the molecule is COC(c1ccccc1)c1sc2ccccc2c1C. The van der Waals surface area contributed by atoms with Crippen LogP contribution < -0.4 is 0 Å². The molecule has 3 rings (SSSR count). The number of benzene rings is 2. The molecule has 1 heterocycles. The smallest absolute Gasteiger partial charge is 0.117 e. The molecule has 0 N–H and O–H groups in total. The highest BCUT2D eigenvalue weighted by atomic mass is 32.1. The molecule has 2 heteroatoms. The van der Waals surface area contributed by atoms with E-state index in [-0.39, 0.29) is 6.10 Å². The van der Waals surface area contributed by atoms with Crippen LogP contribution in [0.15, 0.2) is 54.6 Å². The lowest BCUT2D eigenvalue weighted by molar-refractivity contribution is 0.139. The van der Waals surface area contributed by atoms with Gasteiger partial charge in [0.15, 0.2) is 0 Å². The number of ether oxygens (including phenoxy) is 1. The second-order valence-electron chi connectivity index (χ2n) is 4.61. The number of thiophene rings is 1. The lowest BCUT2D eigenvalue weighted by atomic mass is 10.0. The third-order valence-corrected chi connectivity index (χ3v) is 4.77. The van der Waals surface area contributed by atoms with Gasteiger partial charge in [-0.05, 0) is 29.5 Å². The van der Waals surface area contributed by atoms with Crippen LogP contribution in [-0.2, 0) is 4.74 Å². The molecule has 0 bridgehead atoms. The second-order valence-corrected chi connectivity index (χ2v) is 5.70. The predicted octanol–water partition coefficient (Wildman–Crippen LogP) is 4.95. The van der Waals surface area contributed by atoms with E-state index >= 15 is 0 Å². The van der Waals surface area contributed by atoms with Crippen molar-refractivity contribution < 1.29 is 4.74 Å². The monoisotopic (exact) mass is 268 g/mol. The number of hydrogen-bond acceptors (Lipinski definition) is 2. The number of methoxy groups -OCH3 is 1. The van der Waals surface area contributed by atoms with Crippen molar-refractivity contribution in [3.8, 4) is 0 Å². The second kappa shape index (κ2) is 5.16. The molecule has 1 nitrogen and oxygen atoms in total. The number of rotatable bonds is 3. The highest BCUT2D eigenvalue weighted by molar-refractivity contribution is 7.19. The van der Waals surface area contributed by atoms with E-state index in [0.717, 1.165) is 0 Å². The lowest BCUT2D eigenvalue weighted by Gasteiger charge is -2.15. The van der Waals surface area contributed by atoms with Gasteiger partial charge in [-0.1, -0.05) is 48.5 Å². The van der Waals surface area contributed by atoms with E-state index in [1.165, 1.54) is 26.1 Å². The lowest BCUT2D eigenvalue weighted by Crippen LogP contribution is -2.02. The van der Waals surface area contributed by atoms with E-state index in [1.54, 1.807) is 7.11 Å². The minimum absolute atomic E-state index is 0.0265. The Balaban J connectivity index is 2.14. The van der Waals surface area contributed by atoms with E-state index in [2.05, 4.69) is 55.5 Å². The molecule has 0 radical (unpaired) electrons. The van der Waals surface area contributed by atoms with Crippen LogP contribution in [0.25, 0.3) is 10.1 Å². The Bertz CT molecular complexity index is 685. The van der Waals surface area contributed by atoms with Gasteiger partial charge in [-0.15, -0.1) is 11.3 Å². The molecule has 0 fully saturated rings. The molecule has 1 aromatic heterocycles. The molecule has 1 atom stereocenters. The molecule has 3 aromatic rings. The maximum Gasteiger partial charge on any atom is 0.117 e. The van der Waals surface area contributed by atoms with E-state index in [4.69, 9.17) is 4.74 Å². The summed E-state index contributed by atoms with van der Waals surface area (Å²) in [6, 6.07) is 18.9. The van der Waals surface area contributed by atoms with E-state index in [9.17, 15) is 0 Å². The van der Waals surface area contributed by atoms with Crippen molar-refractivity contribution in [3.05, 3.63) is 70.6 Å². The molecule has 0 amide bonds. The third-order valence-electron chi connectivity index (χ3n) is 3.46. The predicted molar refractivity (Wildman–Crippen MR) is 81.9 cm³/mol. The highest BCUT2D eigenvalue weighted by Crippen LogP contribution is 2.38. The van der Waals surface area contributed by atoms with Crippen LogP contribution in [0, 0.1) is 6.92 Å². The van der Waals surface area contributed by atoms with Crippen LogP contribution in [-0.4, -0.2) is 7.11 Å². The van der Waals surface area contributed by atoms with E-state index in [0.29, 0.717) is 0 Å². The van der Waals surface area contributed by atoms with Crippen molar-refractivity contribution in [3.63, 3.8) is 0 Å². The molecule has 19 heavy (non-hydrogen) atoms. The van der Waals surface area contributed by atoms with Gasteiger partial charge in [0.25, 0.3) is 0 Å². The fraction of sp³-hybridized carbons (Fsp3) is 0.176. The van der Waals surface area contributed by atoms with Crippen LogP contribution in [0.5, 0.6) is 0 Å². The van der Waals surface area contributed by atoms with Gasteiger partial charge < -0.3 is 4.74 Å². The average molecular weight is 268 g/mol. The first-order valence-electron chi connectivity index (χ1n) is 6.37. The van der Waals surface area contributed by atoms with Crippen molar-refractivity contribution in [2.24, 2.45) is 0 Å². The van der Waals surface area contributed by atoms with E-state index < -0.39 is 0 Å². The summed E-state index contributed by atoms with van der Waals surface area (Å²) in [7, 11) is 1.78. The Hall–Kier alpha value is -1.64. The summed E-state index contributed by atoms with van der Waals surface area (Å²) >= 11 is 1.83. The molecule has 1 unspecified atom stereocenters. The third kappa shape index (κ3) is 2.18. The van der Waals surface area contributed by atoms with Gasteiger partial charge in [-0.25, -0.2) is 0 Å². The largest absolute Gasteiger partial charge is 0.371 e. The molecule has 2 aromatic carbocycles. The van der Waals surface area contributed by atoms with Gasteiger partial charge >= 0.3 is 0 Å². The van der Waals surface area contributed by atoms with Crippen LogP contribution >= 0.6 is 11.3 Å². The first-order valence-corrected chi connectivity index (χ1v) is 7.18. The zero-order valence-electron chi connectivity index (χ0n) is 11.1. The van der Waals surface area contributed by atoms with E-state index in [1.807, 2.05) is 17.4 Å². The standard InChI is InChI=1S/C17H16OS/c1-12-14-10-6-7-11-15(14)19-17(12)16(18-2)13-8-4-3-5-9-13/h3-11,16H,1-2H3. The van der Waals surface area contributed by atoms with Gasteiger partial charge in [0.05, 0.1) is 0 Å². The quantitative estimate of drug-likeness (QED) is 0.653. The van der Waals surface area contributed by atoms with Crippen molar-refractivity contribution in [1.82, 2.24) is 0 Å². The Kier molecular flexibility index (Phi) is 3.36. The summed E-state index contributed by atoms with van der Waals surface area (Å²) in [6.07, 6.45) is 0.0265. The summed E-state index contributed by atoms with van der Waals surface area (Å²) in [5.41, 5.74) is 2.54. The maximum absolute atomic E-state index is 5.74. The zero-order valence-corrected chi connectivity index (χ0v) is 11.9. The Morgan fingerprint density at radius 3 is 2.32 bits per heavy atom. The fourth-order valence-corrected chi connectivity index (χ4v) is 3.78. The molecule has 0 saturated carbocycles. The Morgan fingerprint density at radius 1 is 0.947 bits per heavy atom. The van der Waals surface area contributed by atoms with Gasteiger partial charge in [0.1, 0.15) is 6.10 Å². The normalized spacial score (nSPS) is 12.7. The fourth-order valence-electron chi connectivity index (χ4n) is 2.47. The molecule has 0 saturated heterocycles. The number of aryl methyl sites for hydroxylation is 1. The first-order chi connectivity index (χ1) is 9.31. The summed E-state index contributed by atoms with van der Waals surface area (Å²) < 4.78 is 7.07. The van der Waals surface area contributed by atoms with Crippen LogP contribution in [0.2, 0.25) is 0 Å². The van der Waals surface area contributed by atoms with Crippen molar-refractivity contribution in [2.45, 2.75) is 13.0 Å². The van der Waals surface area contributed by atoms with Gasteiger partial charge in [-0.2, -0.15) is 0 Å². The summed E-state index contributed by atoms with van der Waals surface area (Å²) in [6.45, 7) is 2.18. The van der Waals surface area contributed by atoms with Gasteiger partial charge in [0, 0.05) is 16.7 Å². The summed E-state index contributed by atoms with van der Waals surface area (Å²) in [5, 5.41) is 1.33. The van der Waals surface area contributed by atoms with Crippen LogP contribution in [0.1, 0.15) is 22.1 Å². The number of fused-ring (bicyclic) bond motifs is 1. The highest BCUT2D eigenvalue weighted by Gasteiger charge is 2.19. The van der Waals surface area contributed by atoms with Crippen molar-refractivity contribution in [2.75, 3.05) is 7.11 Å². The molecule has 0 aliphatic carbocycles. The summed E-state index contributed by atoms with van der Waals surface area (Å²) in [5.74, 6) is 0. The van der Waals surface area contributed by atoms with Gasteiger partial charge in [-0.3, -0.25) is 0 Å². The topological polar surface area (TPSA) is 9.23 Å². The molecular formula is C17H16OS. The number of hydrogen-bond donors (Lipinski definition) is 0. The van der Waals surface area contributed by atoms with Crippen molar-refractivity contribution in [1.29, 1.82) is 0 Å². The Morgan fingerprint density at radius 2 is 1.63 bits per heavy atom. The zero-order chi connectivity index (χ0) is 13.2. The Labute approximate surface area is 117 Å². The van der Waals surface area contributed by atoms with Crippen LogP contribution in [0.3, 0.4) is 0 Å². The van der Waals surface area contributed by atoms with Crippen LogP contribution in [0.4, 0.5) is 0 Å². The molecule has 0 aliphatic rings. The minimum Gasteiger partial charge on any atom is -0.371 e.